The first-order valence-corrected chi connectivity index (χ1v) is 9.51. The molecule has 7 heteroatoms. The molecule has 0 spiro atoms. The van der Waals surface area contributed by atoms with Crippen molar-refractivity contribution in [1.29, 1.82) is 0 Å². The molecule has 0 aliphatic rings. The van der Waals surface area contributed by atoms with Gasteiger partial charge in [-0.1, -0.05) is 13.8 Å². The lowest BCUT2D eigenvalue weighted by Crippen LogP contribution is -2.33. The summed E-state index contributed by atoms with van der Waals surface area (Å²) in [5, 5.41) is 0. The molecule has 0 saturated carbocycles. The molecule has 0 saturated heterocycles. The monoisotopic (exact) mass is 377 g/mol. The van der Waals surface area contributed by atoms with E-state index in [4.69, 9.17) is 0 Å². The van der Waals surface area contributed by atoms with E-state index < -0.39 is 10.0 Å². The first-order valence-electron chi connectivity index (χ1n) is 7.24. The Balaban J connectivity index is 2.52. The number of nitrogens with zero attached hydrogens (tertiary/aromatic N) is 2. The molecule has 0 radical (unpaired) electrons. The Morgan fingerprint density at radius 2 is 2.00 bits per heavy atom. The van der Waals surface area contributed by atoms with E-state index in [9.17, 15) is 8.42 Å². The minimum Gasteiger partial charge on any atom is -0.304 e. The van der Waals surface area contributed by atoms with Crippen LogP contribution in [0.4, 0.5) is 0 Å². The first kappa shape index (κ1) is 18.5. The fraction of sp³-hybridized carbons (Fsp3) is 0.643. The molecule has 1 unspecified atom stereocenters. The van der Waals surface area contributed by atoms with Crippen LogP contribution in [-0.2, 0) is 10.0 Å². The Morgan fingerprint density at radius 3 is 2.57 bits per heavy atom. The average Bonchev–Trinajstić information content (AvgIpc) is 2.43. The van der Waals surface area contributed by atoms with Crippen molar-refractivity contribution in [3.63, 3.8) is 0 Å². The van der Waals surface area contributed by atoms with E-state index in [1.165, 1.54) is 6.20 Å². The predicted molar refractivity (Wildman–Crippen MR) is 88.7 cm³/mol. The van der Waals surface area contributed by atoms with Gasteiger partial charge in [0, 0.05) is 22.9 Å². The highest BCUT2D eigenvalue weighted by Gasteiger charge is 2.18. The zero-order chi connectivity index (χ0) is 15.9. The molecular weight excluding hydrogens is 354 g/mol. The minimum absolute atomic E-state index is 0.0930. The summed E-state index contributed by atoms with van der Waals surface area (Å²) in [6, 6.07) is 1.46. The normalized spacial score (nSPS) is 13.6. The van der Waals surface area contributed by atoms with Gasteiger partial charge < -0.3 is 4.90 Å². The van der Waals surface area contributed by atoms with Gasteiger partial charge in [0.2, 0.25) is 10.0 Å². The second-order valence-electron chi connectivity index (χ2n) is 5.03. The lowest BCUT2D eigenvalue weighted by molar-refractivity contribution is 0.293. The minimum atomic E-state index is -3.50. The summed E-state index contributed by atoms with van der Waals surface area (Å²) in [7, 11) is -3.50. The van der Waals surface area contributed by atoms with E-state index >= 15 is 0 Å². The van der Waals surface area contributed by atoms with Crippen LogP contribution in [0, 0.1) is 0 Å². The van der Waals surface area contributed by atoms with Crippen molar-refractivity contribution in [2.45, 2.75) is 44.6 Å². The molecule has 1 N–H and O–H groups in total. The molecule has 1 heterocycles. The molecular formula is C14H24BrN3O2S. The molecule has 0 aliphatic heterocycles. The van der Waals surface area contributed by atoms with Gasteiger partial charge in [-0.15, -0.1) is 0 Å². The Bertz CT molecular complexity index is 533. The summed E-state index contributed by atoms with van der Waals surface area (Å²) >= 11 is 3.23. The number of rotatable bonds is 9. The lowest BCUT2D eigenvalue weighted by atomic mass is 10.2. The van der Waals surface area contributed by atoms with Gasteiger partial charge in [-0.25, -0.2) is 13.1 Å². The van der Waals surface area contributed by atoms with E-state index in [0.717, 1.165) is 32.5 Å². The second-order valence-corrected chi connectivity index (χ2v) is 7.66. The molecule has 120 valence electrons. The molecule has 0 bridgehead atoms. The maximum atomic E-state index is 12.2. The van der Waals surface area contributed by atoms with Crippen LogP contribution in [-0.4, -0.2) is 44.0 Å². The number of pyridine rings is 1. The van der Waals surface area contributed by atoms with E-state index in [1.807, 2.05) is 6.92 Å². The van der Waals surface area contributed by atoms with Crippen LogP contribution < -0.4 is 4.72 Å². The lowest BCUT2D eigenvalue weighted by Gasteiger charge is -2.19. The molecule has 21 heavy (non-hydrogen) atoms. The third-order valence-electron chi connectivity index (χ3n) is 3.35. The average molecular weight is 378 g/mol. The summed E-state index contributed by atoms with van der Waals surface area (Å²) in [6.07, 6.45) is 4.71. The smallest absolute Gasteiger partial charge is 0.242 e. The molecule has 0 aliphatic carbocycles. The van der Waals surface area contributed by atoms with Crippen LogP contribution in [0.25, 0.3) is 0 Å². The predicted octanol–water partition coefficient (Wildman–Crippen LogP) is 2.63. The summed E-state index contributed by atoms with van der Waals surface area (Å²) in [5.74, 6) is 0. The Kier molecular flexibility index (Phi) is 7.79. The van der Waals surface area contributed by atoms with Gasteiger partial charge in [0.15, 0.2) is 0 Å². The van der Waals surface area contributed by atoms with Gasteiger partial charge in [0.1, 0.15) is 4.90 Å². The van der Waals surface area contributed by atoms with Crippen molar-refractivity contribution >= 4 is 26.0 Å². The van der Waals surface area contributed by atoms with Crippen LogP contribution in [0.2, 0.25) is 0 Å². The largest absolute Gasteiger partial charge is 0.304 e. The van der Waals surface area contributed by atoms with Gasteiger partial charge in [0.25, 0.3) is 0 Å². The molecule has 5 nitrogen and oxygen atoms in total. The molecule has 1 aromatic heterocycles. The highest BCUT2D eigenvalue weighted by molar-refractivity contribution is 9.10. The highest BCUT2D eigenvalue weighted by Crippen LogP contribution is 2.15. The summed E-state index contributed by atoms with van der Waals surface area (Å²) in [5.41, 5.74) is 0. The topological polar surface area (TPSA) is 62.3 Å². The third-order valence-corrected chi connectivity index (χ3v) is 5.34. The Morgan fingerprint density at radius 1 is 1.33 bits per heavy atom. The van der Waals surface area contributed by atoms with Crippen molar-refractivity contribution in [1.82, 2.24) is 14.6 Å². The van der Waals surface area contributed by atoms with Gasteiger partial charge >= 0.3 is 0 Å². The van der Waals surface area contributed by atoms with Crippen LogP contribution >= 0.6 is 15.9 Å². The zero-order valence-corrected chi connectivity index (χ0v) is 15.2. The van der Waals surface area contributed by atoms with Crippen molar-refractivity contribution in [2.75, 3.05) is 19.6 Å². The molecule has 1 rings (SSSR count). The zero-order valence-electron chi connectivity index (χ0n) is 12.8. The number of sulfonamides is 1. The van der Waals surface area contributed by atoms with Gasteiger partial charge in [0.05, 0.1) is 0 Å². The van der Waals surface area contributed by atoms with E-state index in [1.54, 1.807) is 12.3 Å². The van der Waals surface area contributed by atoms with Gasteiger partial charge in [-0.05, 0) is 61.4 Å². The molecule has 1 atom stereocenters. The van der Waals surface area contributed by atoms with E-state index in [-0.39, 0.29) is 10.9 Å². The van der Waals surface area contributed by atoms with Crippen molar-refractivity contribution in [3.8, 4) is 0 Å². The third kappa shape index (κ3) is 6.42. The number of nitrogens with one attached hydrogen (secondary N) is 1. The summed E-state index contributed by atoms with van der Waals surface area (Å²) < 4.78 is 27.8. The Labute approximate surface area is 136 Å². The van der Waals surface area contributed by atoms with Gasteiger partial charge in [-0.2, -0.15) is 0 Å². The molecule has 1 aromatic rings. The maximum absolute atomic E-state index is 12.2. The van der Waals surface area contributed by atoms with Gasteiger partial charge in [-0.3, -0.25) is 4.98 Å². The number of hydrogen-bond donors (Lipinski definition) is 1. The van der Waals surface area contributed by atoms with Crippen molar-refractivity contribution in [2.24, 2.45) is 0 Å². The maximum Gasteiger partial charge on any atom is 0.242 e. The molecule has 0 amide bonds. The van der Waals surface area contributed by atoms with Crippen LogP contribution in [0.1, 0.15) is 33.6 Å². The quantitative estimate of drug-likeness (QED) is 0.718. The highest BCUT2D eigenvalue weighted by atomic mass is 79.9. The number of halogens is 1. The summed E-state index contributed by atoms with van der Waals surface area (Å²) in [4.78, 5) is 6.41. The van der Waals surface area contributed by atoms with Crippen LogP contribution in [0.5, 0.6) is 0 Å². The van der Waals surface area contributed by atoms with E-state index in [2.05, 4.69) is 44.4 Å². The Hall–Kier alpha value is -0.500. The number of aromatic nitrogens is 1. The molecule has 0 aromatic carbocycles. The first-order chi connectivity index (χ1) is 9.89. The van der Waals surface area contributed by atoms with Crippen LogP contribution in [0.3, 0.4) is 0 Å². The second kappa shape index (κ2) is 8.82. The fourth-order valence-electron chi connectivity index (χ4n) is 2.09. The molecule has 0 fully saturated rings. The SMILES string of the molecule is CCN(CC)CCCC(C)NS(=O)(=O)c1cncc(Br)c1. The summed E-state index contributed by atoms with van der Waals surface area (Å²) in [6.45, 7) is 9.22. The van der Waals surface area contributed by atoms with Crippen LogP contribution in [0.15, 0.2) is 27.8 Å². The standard InChI is InChI=1S/C14H24BrN3O2S/c1-4-18(5-2)8-6-7-12(3)17-21(19,20)14-9-13(15)10-16-11-14/h9-12,17H,4-8H2,1-3H3. The van der Waals surface area contributed by atoms with Crippen molar-refractivity contribution < 1.29 is 8.42 Å². The van der Waals surface area contributed by atoms with E-state index in [0.29, 0.717) is 4.47 Å². The fourth-order valence-corrected chi connectivity index (χ4v) is 3.87. The van der Waals surface area contributed by atoms with Crippen molar-refractivity contribution in [3.05, 3.63) is 22.9 Å². The number of hydrogen-bond acceptors (Lipinski definition) is 4.